The first-order chi connectivity index (χ1) is 10.2. The van der Waals surface area contributed by atoms with E-state index in [1.54, 1.807) is 8.61 Å². The molecule has 2 aliphatic heterocycles. The summed E-state index contributed by atoms with van der Waals surface area (Å²) >= 11 is 0. The van der Waals surface area contributed by atoms with Crippen LogP contribution in [-0.4, -0.2) is 55.8 Å². The van der Waals surface area contributed by atoms with Gasteiger partial charge in [-0.2, -0.15) is 17.0 Å². The van der Waals surface area contributed by atoms with Gasteiger partial charge in [0, 0.05) is 32.2 Å². The maximum Gasteiger partial charge on any atom is 0.282 e. The van der Waals surface area contributed by atoms with Gasteiger partial charge < -0.3 is 5.32 Å². The Balaban J connectivity index is 1.68. The van der Waals surface area contributed by atoms with E-state index in [4.69, 9.17) is 0 Å². The smallest absolute Gasteiger partial charge is 0.282 e. The molecule has 0 radical (unpaired) electrons. The summed E-state index contributed by atoms with van der Waals surface area (Å²) in [5, 5.41) is 3.44. The van der Waals surface area contributed by atoms with Gasteiger partial charge in [0.25, 0.3) is 10.2 Å². The molecule has 3 aliphatic rings. The molecule has 0 bridgehead atoms. The van der Waals surface area contributed by atoms with Gasteiger partial charge in [-0.05, 0) is 51.0 Å². The first-order valence-electron chi connectivity index (χ1n) is 8.65. The molecule has 1 atom stereocenters. The fourth-order valence-corrected chi connectivity index (χ4v) is 5.26. The van der Waals surface area contributed by atoms with E-state index in [1.807, 2.05) is 0 Å². The second-order valence-corrected chi connectivity index (χ2v) is 8.80. The highest BCUT2D eigenvalue weighted by Gasteiger charge is 2.36. The van der Waals surface area contributed by atoms with Crippen molar-refractivity contribution in [3.8, 4) is 0 Å². The molecule has 3 rings (SSSR count). The molecule has 21 heavy (non-hydrogen) atoms. The zero-order chi connectivity index (χ0) is 14.7. The zero-order valence-corrected chi connectivity index (χ0v) is 13.8. The molecule has 0 aromatic rings. The van der Waals surface area contributed by atoms with E-state index in [2.05, 4.69) is 5.32 Å². The highest BCUT2D eigenvalue weighted by Crippen LogP contribution is 2.31. The Kier molecular flexibility index (Phi) is 5.19. The van der Waals surface area contributed by atoms with Crippen LogP contribution in [0.5, 0.6) is 0 Å². The minimum Gasteiger partial charge on any atom is -0.313 e. The molecule has 0 amide bonds. The monoisotopic (exact) mass is 315 g/mol. The summed E-state index contributed by atoms with van der Waals surface area (Å²) < 4.78 is 29.6. The highest BCUT2D eigenvalue weighted by molar-refractivity contribution is 7.86. The van der Waals surface area contributed by atoms with Gasteiger partial charge in [0.05, 0.1) is 0 Å². The molecule has 3 fully saturated rings. The lowest BCUT2D eigenvalue weighted by molar-refractivity contribution is 0.313. The van der Waals surface area contributed by atoms with Crippen molar-refractivity contribution in [1.29, 1.82) is 0 Å². The van der Waals surface area contributed by atoms with Crippen LogP contribution in [0, 0.1) is 5.92 Å². The Morgan fingerprint density at radius 3 is 2.24 bits per heavy atom. The Morgan fingerprint density at radius 1 is 0.952 bits per heavy atom. The Hall–Kier alpha value is -0.170. The molecular weight excluding hydrogens is 286 g/mol. The SMILES string of the molecule is O=S(=O)(N1CCCCCC1)N(CC1CC1)CC1CCCN1. The van der Waals surface area contributed by atoms with Crippen molar-refractivity contribution < 1.29 is 8.42 Å². The van der Waals surface area contributed by atoms with Gasteiger partial charge in [-0.1, -0.05) is 12.8 Å². The van der Waals surface area contributed by atoms with Gasteiger partial charge in [0.15, 0.2) is 0 Å². The molecule has 0 aromatic heterocycles. The molecule has 0 aromatic carbocycles. The maximum atomic E-state index is 13.0. The molecule has 1 saturated carbocycles. The van der Waals surface area contributed by atoms with Gasteiger partial charge in [-0.15, -0.1) is 0 Å². The molecule has 1 aliphatic carbocycles. The molecule has 2 heterocycles. The fourth-order valence-electron chi connectivity index (χ4n) is 3.45. The van der Waals surface area contributed by atoms with Gasteiger partial charge in [-0.25, -0.2) is 0 Å². The minimum atomic E-state index is -3.26. The summed E-state index contributed by atoms with van der Waals surface area (Å²) in [4.78, 5) is 0. The fraction of sp³-hybridized carbons (Fsp3) is 1.00. The first kappa shape index (κ1) is 15.7. The second-order valence-electron chi connectivity index (χ2n) is 6.87. The van der Waals surface area contributed by atoms with E-state index < -0.39 is 10.2 Å². The van der Waals surface area contributed by atoms with Crippen LogP contribution in [0.25, 0.3) is 0 Å². The Morgan fingerprint density at radius 2 is 1.67 bits per heavy atom. The summed E-state index contributed by atoms with van der Waals surface area (Å²) in [6.07, 6.45) is 9.03. The van der Waals surface area contributed by atoms with Crippen molar-refractivity contribution in [2.45, 2.75) is 57.4 Å². The van der Waals surface area contributed by atoms with E-state index in [0.29, 0.717) is 31.6 Å². The highest BCUT2D eigenvalue weighted by atomic mass is 32.2. The number of hydrogen-bond donors (Lipinski definition) is 1. The Bertz CT molecular complexity index is 422. The van der Waals surface area contributed by atoms with Gasteiger partial charge in [0.2, 0.25) is 0 Å². The molecule has 1 unspecified atom stereocenters. The second kappa shape index (κ2) is 6.94. The first-order valence-corrected chi connectivity index (χ1v) is 10.0. The van der Waals surface area contributed by atoms with Crippen molar-refractivity contribution in [3.05, 3.63) is 0 Å². The van der Waals surface area contributed by atoms with E-state index >= 15 is 0 Å². The largest absolute Gasteiger partial charge is 0.313 e. The predicted molar refractivity (Wildman–Crippen MR) is 84.3 cm³/mol. The topological polar surface area (TPSA) is 52.7 Å². The van der Waals surface area contributed by atoms with Crippen LogP contribution in [-0.2, 0) is 10.2 Å². The standard InChI is InChI=1S/C15H29N3O2S/c19-21(20,17-10-3-1-2-4-11-17)18(12-14-7-8-14)13-15-6-5-9-16-15/h14-16H,1-13H2. The summed E-state index contributed by atoms with van der Waals surface area (Å²) in [6, 6.07) is 0.352. The lowest BCUT2D eigenvalue weighted by Gasteiger charge is -2.31. The third-order valence-corrected chi connectivity index (χ3v) is 6.93. The molecule has 0 spiro atoms. The van der Waals surface area contributed by atoms with Gasteiger partial charge in [-0.3, -0.25) is 0 Å². The molecule has 5 nitrogen and oxygen atoms in total. The molecular formula is C15H29N3O2S. The summed E-state index contributed by atoms with van der Waals surface area (Å²) in [5.41, 5.74) is 0. The van der Waals surface area contributed by atoms with Crippen molar-refractivity contribution in [2.24, 2.45) is 5.92 Å². The zero-order valence-electron chi connectivity index (χ0n) is 13.0. The quantitative estimate of drug-likeness (QED) is 0.809. The van der Waals surface area contributed by atoms with Crippen LogP contribution in [0.1, 0.15) is 51.4 Å². The number of hydrogen-bond acceptors (Lipinski definition) is 3. The number of nitrogens with one attached hydrogen (secondary N) is 1. The van der Waals surface area contributed by atoms with Crippen molar-refractivity contribution >= 4 is 10.2 Å². The summed E-state index contributed by atoms with van der Waals surface area (Å²) in [5.74, 6) is 0.605. The summed E-state index contributed by atoms with van der Waals surface area (Å²) in [6.45, 7) is 3.85. The van der Waals surface area contributed by atoms with Gasteiger partial charge >= 0.3 is 0 Å². The van der Waals surface area contributed by atoms with Gasteiger partial charge in [0.1, 0.15) is 0 Å². The molecule has 122 valence electrons. The number of rotatable bonds is 6. The maximum absolute atomic E-state index is 13.0. The normalized spacial score (nSPS) is 28.9. The number of nitrogens with zero attached hydrogens (tertiary/aromatic N) is 2. The lowest BCUT2D eigenvalue weighted by atomic mass is 10.2. The van der Waals surface area contributed by atoms with E-state index in [1.165, 1.54) is 32.1 Å². The Labute approximate surface area is 129 Å². The lowest BCUT2D eigenvalue weighted by Crippen LogP contribution is -2.49. The average molecular weight is 315 g/mol. The minimum absolute atomic E-state index is 0.352. The predicted octanol–water partition coefficient (Wildman–Crippen LogP) is 1.57. The van der Waals surface area contributed by atoms with E-state index in [0.717, 1.165) is 32.4 Å². The van der Waals surface area contributed by atoms with Crippen LogP contribution in [0.15, 0.2) is 0 Å². The van der Waals surface area contributed by atoms with E-state index in [9.17, 15) is 8.42 Å². The van der Waals surface area contributed by atoms with Crippen molar-refractivity contribution in [1.82, 2.24) is 13.9 Å². The van der Waals surface area contributed by atoms with E-state index in [-0.39, 0.29) is 0 Å². The average Bonchev–Trinajstić information content (AvgIpc) is 3.20. The molecule has 6 heteroatoms. The third-order valence-electron chi connectivity index (χ3n) is 4.96. The van der Waals surface area contributed by atoms with Crippen molar-refractivity contribution in [3.63, 3.8) is 0 Å². The van der Waals surface area contributed by atoms with Crippen LogP contribution in [0.2, 0.25) is 0 Å². The van der Waals surface area contributed by atoms with Crippen LogP contribution in [0.3, 0.4) is 0 Å². The summed E-state index contributed by atoms with van der Waals surface area (Å²) in [7, 11) is -3.26. The molecule has 1 N–H and O–H groups in total. The van der Waals surface area contributed by atoms with Crippen LogP contribution >= 0.6 is 0 Å². The van der Waals surface area contributed by atoms with Crippen LogP contribution in [0.4, 0.5) is 0 Å². The van der Waals surface area contributed by atoms with Crippen LogP contribution < -0.4 is 5.32 Å². The molecule has 2 saturated heterocycles. The van der Waals surface area contributed by atoms with Crippen molar-refractivity contribution in [2.75, 3.05) is 32.7 Å². The third kappa shape index (κ3) is 4.18.